The predicted octanol–water partition coefficient (Wildman–Crippen LogP) is 4.12. The van der Waals surface area contributed by atoms with E-state index in [1.54, 1.807) is 30.3 Å². The monoisotopic (exact) mass is 367 g/mol. The van der Waals surface area contributed by atoms with Gasteiger partial charge in [0.2, 0.25) is 0 Å². The highest BCUT2D eigenvalue weighted by Gasteiger charge is 2.12. The maximum Gasteiger partial charge on any atom is 0.335 e. The highest BCUT2D eigenvalue weighted by Crippen LogP contribution is 2.37. The van der Waals surface area contributed by atoms with Gasteiger partial charge < -0.3 is 14.6 Å². The number of nitrogens with zero attached hydrogens (tertiary/aromatic N) is 1. The molecule has 0 spiro atoms. The average molecular weight is 368 g/mol. The SMILES string of the molecule is C#CCOc1c(Cl)cc(/C=C(/C#N)c2ccc(C(=O)O)cc2)cc1OC. The Bertz CT molecular complexity index is 934. The van der Waals surface area contributed by atoms with Gasteiger partial charge in [-0.2, -0.15) is 5.26 Å². The molecule has 2 rings (SSSR count). The first-order valence-corrected chi connectivity index (χ1v) is 7.77. The lowest BCUT2D eigenvalue weighted by molar-refractivity contribution is 0.0697. The molecule has 0 fully saturated rings. The number of carboxylic acids is 1. The molecule has 0 saturated carbocycles. The average Bonchev–Trinajstić information content (AvgIpc) is 2.64. The molecule has 6 heteroatoms. The lowest BCUT2D eigenvalue weighted by atomic mass is 10.0. The van der Waals surface area contributed by atoms with Crippen LogP contribution in [-0.2, 0) is 0 Å². The number of aromatic carboxylic acids is 1. The van der Waals surface area contributed by atoms with Gasteiger partial charge in [-0.1, -0.05) is 29.7 Å². The molecule has 0 aliphatic heterocycles. The van der Waals surface area contributed by atoms with Crippen molar-refractivity contribution in [3.8, 4) is 29.9 Å². The molecule has 0 radical (unpaired) electrons. The zero-order valence-electron chi connectivity index (χ0n) is 13.8. The van der Waals surface area contributed by atoms with Gasteiger partial charge in [-0.15, -0.1) is 6.42 Å². The standard InChI is InChI=1S/C20H14ClNO4/c1-3-8-26-19-17(21)10-13(11-18(19)25-2)9-16(12-22)14-4-6-15(7-5-14)20(23)24/h1,4-7,9-11H,8H2,2H3,(H,23,24)/b16-9-. The molecular weight excluding hydrogens is 354 g/mol. The Balaban J connectivity index is 2.42. The number of ether oxygens (including phenoxy) is 2. The molecule has 2 aromatic rings. The third-order valence-electron chi connectivity index (χ3n) is 3.43. The van der Waals surface area contributed by atoms with Crippen molar-refractivity contribution in [3.63, 3.8) is 0 Å². The minimum atomic E-state index is -1.03. The summed E-state index contributed by atoms with van der Waals surface area (Å²) in [5.41, 5.74) is 1.70. The highest BCUT2D eigenvalue weighted by atomic mass is 35.5. The molecular formula is C20H14ClNO4. The Morgan fingerprint density at radius 3 is 2.50 bits per heavy atom. The van der Waals surface area contributed by atoms with E-state index in [0.717, 1.165) is 0 Å². The Morgan fingerprint density at radius 2 is 1.96 bits per heavy atom. The van der Waals surface area contributed by atoms with E-state index in [4.69, 9.17) is 32.6 Å². The maximum absolute atomic E-state index is 10.9. The lowest BCUT2D eigenvalue weighted by Gasteiger charge is -2.12. The zero-order chi connectivity index (χ0) is 19.1. The molecule has 0 saturated heterocycles. The summed E-state index contributed by atoms with van der Waals surface area (Å²) >= 11 is 6.23. The van der Waals surface area contributed by atoms with Crippen LogP contribution in [-0.4, -0.2) is 24.8 Å². The largest absolute Gasteiger partial charge is 0.493 e. The number of carboxylic acid groups (broad SMARTS) is 1. The normalized spacial score (nSPS) is 10.5. The topological polar surface area (TPSA) is 79.5 Å². The molecule has 1 N–H and O–H groups in total. The molecule has 0 aliphatic rings. The van der Waals surface area contributed by atoms with E-state index < -0.39 is 5.97 Å². The van der Waals surface area contributed by atoms with E-state index in [1.807, 2.05) is 0 Å². The quantitative estimate of drug-likeness (QED) is 0.472. The van der Waals surface area contributed by atoms with Gasteiger partial charge in [0.25, 0.3) is 0 Å². The molecule has 0 aromatic heterocycles. The number of nitriles is 1. The van der Waals surface area contributed by atoms with Crippen molar-refractivity contribution in [2.24, 2.45) is 0 Å². The van der Waals surface area contributed by atoms with Gasteiger partial charge in [0.1, 0.15) is 6.61 Å². The number of benzene rings is 2. The van der Waals surface area contributed by atoms with Crippen LogP contribution in [0.25, 0.3) is 11.6 Å². The highest BCUT2D eigenvalue weighted by molar-refractivity contribution is 6.32. The molecule has 0 bridgehead atoms. The number of terminal acetylenes is 1. The van der Waals surface area contributed by atoms with Crippen LogP contribution in [0.5, 0.6) is 11.5 Å². The van der Waals surface area contributed by atoms with Gasteiger partial charge in [-0.25, -0.2) is 4.79 Å². The fraction of sp³-hybridized carbons (Fsp3) is 0.100. The van der Waals surface area contributed by atoms with E-state index in [2.05, 4.69) is 12.0 Å². The van der Waals surface area contributed by atoms with Crippen LogP contribution in [0.1, 0.15) is 21.5 Å². The molecule has 2 aromatic carbocycles. The van der Waals surface area contributed by atoms with E-state index >= 15 is 0 Å². The van der Waals surface area contributed by atoms with Crippen molar-refractivity contribution in [3.05, 3.63) is 58.1 Å². The van der Waals surface area contributed by atoms with Crippen LogP contribution in [0.4, 0.5) is 0 Å². The van der Waals surface area contributed by atoms with Crippen LogP contribution >= 0.6 is 11.6 Å². The van der Waals surface area contributed by atoms with Crippen molar-refractivity contribution >= 4 is 29.2 Å². The molecule has 5 nitrogen and oxygen atoms in total. The fourth-order valence-corrected chi connectivity index (χ4v) is 2.49. The summed E-state index contributed by atoms with van der Waals surface area (Å²) in [6, 6.07) is 11.4. The van der Waals surface area contributed by atoms with E-state index in [-0.39, 0.29) is 12.2 Å². The van der Waals surface area contributed by atoms with Gasteiger partial charge in [0.05, 0.1) is 29.3 Å². The van der Waals surface area contributed by atoms with Gasteiger partial charge in [-0.3, -0.25) is 0 Å². The zero-order valence-corrected chi connectivity index (χ0v) is 14.6. The Hall–Kier alpha value is -3.41. The predicted molar refractivity (Wildman–Crippen MR) is 99.2 cm³/mol. The number of carbonyl (C=O) groups is 1. The van der Waals surface area contributed by atoms with Crippen LogP contribution in [0, 0.1) is 23.7 Å². The molecule has 0 atom stereocenters. The summed E-state index contributed by atoms with van der Waals surface area (Å²) in [5.74, 6) is 2.04. The number of methoxy groups -OCH3 is 1. The lowest BCUT2D eigenvalue weighted by Crippen LogP contribution is -1.98. The minimum absolute atomic E-state index is 0.0463. The van der Waals surface area contributed by atoms with Gasteiger partial charge in [0, 0.05) is 0 Å². The van der Waals surface area contributed by atoms with Gasteiger partial charge in [-0.05, 0) is 41.5 Å². The van der Waals surface area contributed by atoms with Crippen molar-refractivity contribution in [1.29, 1.82) is 5.26 Å². The second-order valence-corrected chi connectivity index (χ2v) is 5.49. The number of rotatable bonds is 6. The van der Waals surface area contributed by atoms with Gasteiger partial charge >= 0.3 is 5.97 Å². The molecule has 0 aliphatic carbocycles. The van der Waals surface area contributed by atoms with Crippen LogP contribution in [0.2, 0.25) is 5.02 Å². The first-order chi connectivity index (χ1) is 12.5. The third kappa shape index (κ3) is 4.36. The third-order valence-corrected chi connectivity index (χ3v) is 3.71. The first kappa shape index (κ1) is 18.9. The Labute approximate surface area is 156 Å². The van der Waals surface area contributed by atoms with Crippen molar-refractivity contribution in [2.75, 3.05) is 13.7 Å². The number of allylic oxidation sites excluding steroid dienone is 1. The van der Waals surface area contributed by atoms with E-state index in [1.165, 1.54) is 19.2 Å². The summed E-state index contributed by atoms with van der Waals surface area (Å²) in [6.45, 7) is 0.0463. The second-order valence-electron chi connectivity index (χ2n) is 5.08. The first-order valence-electron chi connectivity index (χ1n) is 7.39. The number of hydrogen-bond donors (Lipinski definition) is 1. The van der Waals surface area contributed by atoms with Crippen LogP contribution in [0.15, 0.2) is 36.4 Å². The second kappa shape index (κ2) is 8.62. The summed E-state index contributed by atoms with van der Waals surface area (Å²) in [7, 11) is 1.47. The smallest absolute Gasteiger partial charge is 0.335 e. The van der Waals surface area contributed by atoms with E-state index in [9.17, 15) is 10.1 Å². The Kier molecular flexibility index (Phi) is 6.27. The summed E-state index contributed by atoms with van der Waals surface area (Å²) in [4.78, 5) is 10.9. The van der Waals surface area contributed by atoms with Crippen LogP contribution in [0.3, 0.4) is 0 Å². The van der Waals surface area contributed by atoms with Crippen molar-refractivity contribution in [2.45, 2.75) is 0 Å². The molecule has 0 amide bonds. The summed E-state index contributed by atoms with van der Waals surface area (Å²) in [5, 5.41) is 18.7. The van der Waals surface area contributed by atoms with Crippen molar-refractivity contribution < 1.29 is 19.4 Å². The number of hydrogen-bond acceptors (Lipinski definition) is 4. The molecule has 130 valence electrons. The summed E-state index contributed by atoms with van der Waals surface area (Å²) < 4.78 is 10.7. The molecule has 0 heterocycles. The van der Waals surface area contributed by atoms with E-state index in [0.29, 0.717) is 33.2 Å². The Morgan fingerprint density at radius 1 is 1.31 bits per heavy atom. The number of halogens is 1. The molecule has 26 heavy (non-hydrogen) atoms. The minimum Gasteiger partial charge on any atom is -0.493 e. The maximum atomic E-state index is 10.9. The summed E-state index contributed by atoms with van der Waals surface area (Å²) in [6.07, 6.45) is 6.80. The van der Waals surface area contributed by atoms with Crippen LogP contribution < -0.4 is 9.47 Å². The molecule has 0 unspecified atom stereocenters. The fourth-order valence-electron chi connectivity index (χ4n) is 2.22. The van der Waals surface area contributed by atoms with Crippen molar-refractivity contribution in [1.82, 2.24) is 0 Å². The van der Waals surface area contributed by atoms with Gasteiger partial charge in [0.15, 0.2) is 11.5 Å².